The Bertz CT molecular complexity index is 593. The van der Waals surface area contributed by atoms with Crippen molar-refractivity contribution in [3.05, 3.63) is 48.0 Å². The molecule has 2 aromatic carbocycles. The van der Waals surface area contributed by atoms with Gasteiger partial charge in [0, 0.05) is 28.0 Å². The van der Waals surface area contributed by atoms with E-state index in [2.05, 4.69) is 85.2 Å². The minimum atomic E-state index is 0.439. The largest absolute Gasteiger partial charge is 0.309 e. The lowest BCUT2D eigenvalue weighted by molar-refractivity contribution is 0.529. The molecule has 3 unspecified atom stereocenters. The van der Waals surface area contributed by atoms with E-state index in [0.717, 1.165) is 6.54 Å². The molecular weight excluding hydrogens is 294 g/mol. The van der Waals surface area contributed by atoms with Crippen LogP contribution in [0.15, 0.2) is 42.5 Å². The summed E-state index contributed by atoms with van der Waals surface area (Å²) in [4.78, 5) is 0. The first-order valence-corrected chi connectivity index (χ1v) is 9.85. The van der Waals surface area contributed by atoms with Gasteiger partial charge in [-0.1, -0.05) is 56.3 Å². The molecule has 1 saturated heterocycles. The predicted molar refractivity (Wildman–Crippen MR) is 98.5 cm³/mol. The Balaban J connectivity index is 2.02. The van der Waals surface area contributed by atoms with E-state index in [4.69, 9.17) is 0 Å². The quantitative estimate of drug-likeness (QED) is 0.875. The van der Waals surface area contributed by atoms with Gasteiger partial charge in [-0.2, -0.15) is 23.5 Å². The van der Waals surface area contributed by atoms with Crippen LogP contribution in [0.3, 0.4) is 0 Å². The average Bonchev–Trinajstić information content (AvgIpc) is 2.53. The second kappa shape index (κ2) is 7.08. The molecule has 0 aliphatic carbocycles. The van der Waals surface area contributed by atoms with Crippen LogP contribution in [0.1, 0.15) is 25.5 Å². The van der Waals surface area contributed by atoms with Gasteiger partial charge in [-0.05, 0) is 22.9 Å². The van der Waals surface area contributed by atoms with Crippen molar-refractivity contribution >= 4 is 34.3 Å². The number of nitrogens with one attached hydrogen (secondary N) is 1. The molecule has 3 atom stereocenters. The molecule has 0 saturated carbocycles. The van der Waals surface area contributed by atoms with Crippen LogP contribution in [0, 0.1) is 0 Å². The molecule has 0 amide bonds. The summed E-state index contributed by atoms with van der Waals surface area (Å²) >= 11 is 4.26. The lowest BCUT2D eigenvalue weighted by Gasteiger charge is -2.35. The molecular formula is C18H23NS2. The van der Waals surface area contributed by atoms with Gasteiger partial charge in [0.15, 0.2) is 0 Å². The first-order valence-electron chi connectivity index (χ1n) is 7.75. The highest BCUT2D eigenvalue weighted by Gasteiger charge is 2.31. The first kappa shape index (κ1) is 15.3. The third-order valence-corrected chi connectivity index (χ3v) is 7.34. The number of fused-ring (bicyclic) bond motifs is 1. The van der Waals surface area contributed by atoms with Crippen molar-refractivity contribution in [2.75, 3.05) is 18.1 Å². The predicted octanol–water partition coefficient (Wildman–Crippen LogP) is 4.73. The lowest BCUT2D eigenvalue weighted by Crippen LogP contribution is -2.37. The van der Waals surface area contributed by atoms with Gasteiger partial charge in [0.25, 0.3) is 0 Å². The smallest absolute Gasteiger partial charge is 0.0457 e. The summed E-state index contributed by atoms with van der Waals surface area (Å²) in [7, 11) is 0. The van der Waals surface area contributed by atoms with Crippen LogP contribution < -0.4 is 5.32 Å². The normalized spacial score (nSPS) is 24.1. The highest BCUT2D eigenvalue weighted by atomic mass is 32.2. The maximum atomic E-state index is 3.76. The van der Waals surface area contributed by atoms with Crippen molar-refractivity contribution in [3.8, 4) is 0 Å². The summed E-state index contributed by atoms with van der Waals surface area (Å²) < 4.78 is 0. The Morgan fingerprint density at radius 1 is 1.10 bits per heavy atom. The summed E-state index contributed by atoms with van der Waals surface area (Å²) in [6.45, 7) is 5.61. The van der Waals surface area contributed by atoms with Gasteiger partial charge in [0.2, 0.25) is 0 Å². The molecule has 0 bridgehead atoms. The van der Waals surface area contributed by atoms with Crippen molar-refractivity contribution in [2.24, 2.45) is 0 Å². The summed E-state index contributed by atoms with van der Waals surface area (Å²) in [5.41, 5.74) is 1.46. The van der Waals surface area contributed by atoms with Gasteiger partial charge in [-0.25, -0.2) is 0 Å². The fourth-order valence-electron chi connectivity index (χ4n) is 3.16. The second-order valence-corrected chi connectivity index (χ2v) is 8.29. The van der Waals surface area contributed by atoms with E-state index in [-0.39, 0.29) is 0 Å². The van der Waals surface area contributed by atoms with Gasteiger partial charge in [-0.3, -0.25) is 0 Å². The van der Waals surface area contributed by atoms with Crippen LogP contribution in [-0.4, -0.2) is 28.6 Å². The average molecular weight is 318 g/mol. The maximum Gasteiger partial charge on any atom is 0.0457 e. The standard InChI is InChI=1S/C18H23NS2/c1-3-19-17(18-13(2)20-11-12-21-18)16-10-6-8-14-7-4-5-9-15(14)16/h4-10,13,17-19H,3,11-12H2,1-2H3. The number of hydrogen-bond donors (Lipinski definition) is 1. The molecule has 21 heavy (non-hydrogen) atoms. The van der Waals surface area contributed by atoms with E-state index in [0.29, 0.717) is 16.5 Å². The van der Waals surface area contributed by atoms with Gasteiger partial charge >= 0.3 is 0 Å². The SMILES string of the molecule is CCNC(c1cccc2ccccc12)C1SCCSC1C. The number of hydrogen-bond acceptors (Lipinski definition) is 3. The molecule has 3 heteroatoms. The molecule has 3 rings (SSSR count). The highest BCUT2D eigenvalue weighted by molar-refractivity contribution is 8.07. The highest BCUT2D eigenvalue weighted by Crippen LogP contribution is 2.40. The Morgan fingerprint density at radius 2 is 1.86 bits per heavy atom. The van der Waals surface area contributed by atoms with Gasteiger partial charge in [0.05, 0.1) is 0 Å². The molecule has 0 radical (unpaired) electrons. The Kier molecular flexibility index (Phi) is 5.15. The van der Waals surface area contributed by atoms with Gasteiger partial charge < -0.3 is 5.32 Å². The summed E-state index contributed by atoms with van der Waals surface area (Å²) in [5, 5.41) is 7.85. The first-order chi connectivity index (χ1) is 10.3. The molecule has 0 aromatic heterocycles. The van der Waals surface area contributed by atoms with Crippen LogP contribution in [0.2, 0.25) is 0 Å². The molecule has 1 aliphatic heterocycles. The van der Waals surface area contributed by atoms with Crippen LogP contribution in [0.5, 0.6) is 0 Å². The summed E-state index contributed by atoms with van der Waals surface area (Å²) in [6.07, 6.45) is 0. The van der Waals surface area contributed by atoms with Crippen LogP contribution in [-0.2, 0) is 0 Å². The van der Waals surface area contributed by atoms with Crippen LogP contribution in [0.25, 0.3) is 10.8 Å². The van der Waals surface area contributed by atoms with Crippen LogP contribution in [0.4, 0.5) is 0 Å². The zero-order chi connectivity index (χ0) is 14.7. The van der Waals surface area contributed by atoms with Crippen molar-refractivity contribution in [1.82, 2.24) is 5.32 Å². The fourth-order valence-corrected chi connectivity index (χ4v) is 6.10. The molecule has 1 aliphatic rings. The molecule has 2 aromatic rings. The molecule has 1 fully saturated rings. The third kappa shape index (κ3) is 3.25. The molecule has 112 valence electrons. The van der Waals surface area contributed by atoms with Gasteiger partial charge in [0.1, 0.15) is 0 Å². The van der Waals surface area contributed by atoms with Crippen molar-refractivity contribution in [1.29, 1.82) is 0 Å². The third-order valence-electron chi connectivity index (χ3n) is 4.15. The molecule has 1 heterocycles. The molecule has 1 nitrogen and oxygen atoms in total. The Morgan fingerprint density at radius 3 is 2.67 bits per heavy atom. The molecule has 0 spiro atoms. The Hall–Kier alpha value is -0.640. The minimum Gasteiger partial charge on any atom is -0.309 e. The monoisotopic (exact) mass is 317 g/mol. The van der Waals surface area contributed by atoms with E-state index in [1.54, 1.807) is 0 Å². The summed E-state index contributed by atoms with van der Waals surface area (Å²) in [6, 6.07) is 15.9. The lowest BCUT2D eigenvalue weighted by atomic mass is 9.95. The van der Waals surface area contributed by atoms with Crippen molar-refractivity contribution in [3.63, 3.8) is 0 Å². The fraction of sp³-hybridized carbons (Fsp3) is 0.444. The number of thioether (sulfide) groups is 2. The van der Waals surface area contributed by atoms with Crippen LogP contribution >= 0.6 is 23.5 Å². The van der Waals surface area contributed by atoms with E-state index in [1.165, 1.54) is 27.8 Å². The minimum absolute atomic E-state index is 0.439. The van der Waals surface area contributed by atoms with Crippen molar-refractivity contribution < 1.29 is 0 Å². The van der Waals surface area contributed by atoms with Gasteiger partial charge in [-0.15, -0.1) is 0 Å². The summed E-state index contributed by atoms with van der Waals surface area (Å²) in [5.74, 6) is 2.56. The van der Waals surface area contributed by atoms with E-state index < -0.39 is 0 Å². The van der Waals surface area contributed by atoms with Crippen molar-refractivity contribution in [2.45, 2.75) is 30.4 Å². The second-order valence-electron chi connectivity index (χ2n) is 5.52. The topological polar surface area (TPSA) is 12.0 Å². The number of benzene rings is 2. The number of rotatable bonds is 4. The zero-order valence-corrected chi connectivity index (χ0v) is 14.3. The molecule has 1 N–H and O–H groups in total. The maximum absolute atomic E-state index is 3.76. The Labute approximate surface area is 136 Å². The van der Waals surface area contributed by atoms with E-state index in [1.807, 2.05) is 0 Å². The van der Waals surface area contributed by atoms with E-state index in [9.17, 15) is 0 Å². The van der Waals surface area contributed by atoms with E-state index >= 15 is 0 Å². The zero-order valence-electron chi connectivity index (χ0n) is 12.7.